The van der Waals surface area contributed by atoms with Crippen LogP contribution < -0.4 is 9.46 Å². The normalized spacial score (nSPS) is 16.2. The standard InChI is InChI=1S/C21H16F4N2O2S.C4H8O.C2H5F/c22-19-2-1-3-20(26-19)27-30-13-5-7-16-14(8-9-29-18(16)11-13)15-6-4-12(10-17(15)28)21(23,24)25;1-2-4-5-3-1;1-2-3/h1-7,10-11,14,28H,8-9H2,(H,26,27);1-4H2;2H2,1H3. The molecule has 2 N–H and O–H groups in total. The molecule has 1 saturated heterocycles. The van der Waals surface area contributed by atoms with E-state index in [0.29, 0.717) is 30.2 Å². The van der Waals surface area contributed by atoms with Crippen LogP contribution in [0.4, 0.5) is 27.8 Å². The highest BCUT2D eigenvalue weighted by atomic mass is 32.2. The molecule has 5 nitrogen and oxygen atoms in total. The molecule has 0 bridgehead atoms. The number of benzene rings is 2. The fraction of sp³-hybridized carbons (Fsp3) is 0.370. The van der Waals surface area contributed by atoms with Crippen molar-refractivity contribution in [3.8, 4) is 11.5 Å². The number of nitrogens with zero attached hydrogens (tertiary/aromatic N) is 1. The van der Waals surface area contributed by atoms with Gasteiger partial charge in [0.2, 0.25) is 5.95 Å². The zero-order valence-electron chi connectivity index (χ0n) is 20.7. The number of hydrogen-bond donors (Lipinski definition) is 2. The van der Waals surface area contributed by atoms with Crippen LogP contribution in [0.3, 0.4) is 0 Å². The van der Waals surface area contributed by atoms with Gasteiger partial charge in [-0.3, -0.25) is 4.39 Å². The average Bonchev–Trinajstić information content (AvgIpc) is 3.48. The van der Waals surface area contributed by atoms with Gasteiger partial charge in [-0.05, 0) is 74.5 Å². The largest absolute Gasteiger partial charge is 0.508 e. The summed E-state index contributed by atoms with van der Waals surface area (Å²) in [7, 11) is 0. The number of anilines is 1. The van der Waals surface area contributed by atoms with Crippen molar-refractivity contribution in [3.05, 3.63) is 77.2 Å². The van der Waals surface area contributed by atoms with Gasteiger partial charge in [0.1, 0.15) is 17.3 Å². The molecule has 0 spiro atoms. The second-order valence-corrected chi connectivity index (χ2v) is 9.18. The molecule has 2 aromatic carbocycles. The van der Waals surface area contributed by atoms with E-state index in [9.17, 15) is 27.1 Å². The number of hydrogen-bond acceptors (Lipinski definition) is 6. The Morgan fingerprint density at radius 1 is 1.03 bits per heavy atom. The molecule has 1 atom stereocenters. The second kappa shape index (κ2) is 14.2. The molecule has 206 valence electrons. The minimum atomic E-state index is -4.51. The van der Waals surface area contributed by atoms with Crippen LogP contribution in [0, 0.1) is 5.95 Å². The first-order chi connectivity index (χ1) is 18.2. The lowest BCUT2D eigenvalue weighted by atomic mass is 9.86. The van der Waals surface area contributed by atoms with Gasteiger partial charge in [-0.2, -0.15) is 17.6 Å². The number of alkyl halides is 4. The molecule has 1 aromatic heterocycles. The van der Waals surface area contributed by atoms with Crippen molar-refractivity contribution >= 4 is 17.8 Å². The third-order valence-corrected chi connectivity index (χ3v) is 6.37. The first-order valence-electron chi connectivity index (χ1n) is 12.1. The van der Waals surface area contributed by atoms with Gasteiger partial charge < -0.3 is 19.3 Å². The number of pyridine rings is 1. The predicted molar refractivity (Wildman–Crippen MR) is 137 cm³/mol. The summed E-state index contributed by atoms with van der Waals surface area (Å²) in [5.74, 6) is -0.308. The molecule has 0 radical (unpaired) electrons. The fourth-order valence-electron chi connectivity index (χ4n) is 3.86. The molecule has 0 amide bonds. The van der Waals surface area contributed by atoms with E-state index in [4.69, 9.17) is 9.47 Å². The lowest BCUT2D eigenvalue weighted by molar-refractivity contribution is -0.137. The maximum atomic E-state index is 13.2. The highest BCUT2D eigenvalue weighted by molar-refractivity contribution is 8.00. The minimum Gasteiger partial charge on any atom is -0.508 e. The Kier molecular flexibility index (Phi) is 11.0. The first-order valence-corrected chi connectivity index (χ1v) is 12.9. The van der Waals surface area contributed by atoms with Crippen LogP contribution in [-0.4, -0.2) is 36.6 Å². The SMILES string of the molecule is C1CCOC1.CCF.Oc1cc(C(F)(F)F)ccc1C1CCOc2cc(SNc3cccc(F)n3)ccc21. The van der Waals surface area contributed by atoms with E-state index >= 15 is 0 Å². The summed E-state index contributed by atoms with van der Waals surface area (Å²) >= 11 is 1.23. The van der Waals surface area contributed by atoms with Gasteiger partial charge in [0, 0.05) is 35.2 Å². The molecule has 2 aliphatic rings. The molecule has 3 heterocycles. The number of halogens is 5. The van der Waals surface area contributed by atoms with E-state index in [1.54, 1.807) is 18.2 Å². The van der Waals surface area contributed by atoms with Crippen molar-refractivity contribution in [2.24, 2.45) is 0 Å². The summed E-state index contributed by atoms with van der Waals surface area (Å²) in [6, 6.07) is 12.9. The fourth-order valence-corrected chi connectivity index (χ4v) is 4.50. The van der Waals surface area contributed by atoms with Crippen molar-refractivity contribution in [1.82, 2.24) is 4.98 Å². The van der Waals surface area contributed by atoms with Crippen molar-refractivity contribution in [2.75, 3.05) is 31.2 Å². The quantitative estimate of drug-likeness (QED) is 0.195. The van der Waals surface area contributed by atoms with Gasteiger partial charge in [0.25, 0.3) is 0 Å². The maximum Gasteiger partial charge on any atom is 0.416 e. The molecule has 11 heteroatoms. The van der Waals surface area contributed by atoms with Crippen LogP contribution in [-0.2, 0) is 10.9 Å². The van der Waals surface area contributed by atoms with E-state index in [0.717, 1.165) is 35.8 Å². The minimum absolute atomic E-state index is 0.250. The third-order valence-electron chi connectivity index (χ3n) is 5.57. The molecule has 38 heavy (non-hydrogen) atoms. The maximum absolute atomic E-state index is 13.2. The van der Waals surface area contributed by atoms with Crippen molar-refractivity contribution in [1.29, 1.82) is 0 Å². The van der Waals surface area contributed by atoms with Gasteiger partial charge in [-0.1, -0.05) is 18.2 Å². The summed E-state index contributed by atoms with van der Waals surface area (Å²) in [6.07, 6.45) is -1.43. The predicted octanol–water partition coefficient (Wildman–Crippen LogP) is 7.75. The second-order valence-electron chi connectivity index (χ2n) is 8.30. The molecule has 0 saturated carbocycles. The molecule has 3 aromatic rings. The summed E-state index contributed by atoms with van der Waals surface area (Å²) in [5, 5.41) is 10.2. The third kappa shape index (κ3) is 8.49. The van der Waals surface area contributed by atoms with Gasteiger partial charge in [0.05, 0.1) is 18.8 Å². The topological polar surface area (TPSA) is 63.6 Å². The highest BCUT2D eigenvalue weighted by Crippen LogP contribution is 2.44. The number of nitrogens with one attached hydrogen (secondary N) is 1. The Morgan fingerprint density at radius 2 is 1.74 bits per heavy atom. The van der Waals surface area contributed by atoms with Gasteiger partial charge in [-0.25, -0.2) is 4.98 Å². The van der Waals surface area contributed by atoms with E-state index in [-0.39, 0.29) is 18.3 Å². The van der Waals surface area contributed by atoms with Crippen LogP contribution in [0.1, 0.15) is 48.8 Å². The number of phenols is 1. The Labute approximate surface area is 222 Å². The Morgan fingerprint density at radius 3 is 2.34 bits per heavy atom. The number of aromatic hydroxyl groups is 1. The zero-order chi connectivity index (χ0) is 27.5. The molecular weight excluding hydrogens is 527 g/mol. The zero-order valence-corrected chi connectivity index (χ0v) is 21.5. The summed E-state index contributed by atoms with van der Waals surface area (Å²) in [6.45, 7) is 3.57. The lowest BCUT2D eigenvalue weighted by Gasteiger charge is -2.27. The Hall–Kier alpha value is -3.05. The van der Waals surface area contributed by atoms with Crippen molar-refractivity contribution < 1.29 is 36.5 Å². The van der Waals surface area contributed by atoms with Crippen LogP contribution in [0.2, 0.25) is 0 Å². The number of fused-ring (bicyclic) bond motifs is 1. The molecular formula is C27H29F5N2O3S. The van der Waals surface area contributed by atoms with Crippen molar-refractivity contribution in [2.45, 2.75) is 43.2 Å². The highest BCUT2D eigenvalue weighted by Gasteiger charge is 2.32. The lowest BCUT2D eigenvalue weighted by Crippen LogP contribution is -2.16. The van der Waals surface area contributed by atoms with E-state index in [1.807, 2.05) is 12.1 Å². The monoisotopic (exact) mass is 556 g/mol. The smallest absolute Gasteiger partial charge is 0.416 e. The Balaban J connectivity index is 0.000000433. The van der Waals surface area contributed by atoms with Crippen LogP contribution in [0.15, 0.2) is 59.5 Å². The number of phenolic OH excluding ortho intramolecular Hbond substituents is 1. The Bertz CT molecular complexity index is 1170. The molecule has 2 aliphatic heterocycles. The van der Waals surface area contributed by atoms with Crippen LogP contribution in [0.25, 0.3) is 0 Å². The van der Waals surface area contributed by atoms with Gasteiger partial charge in [0.15, 0.2) is 0 Å². The van der Waals surface area contributed by atoms with Gasteiger partial charge in [-0.15, -0.1) is 0 Å². The number of ether oxygens (including phenoxy) is 2. The number of aromatic nitrogens is 1. The number of rotatable bonds is 4. The van der Waals surface area contributed by atoms with E-state index < -0.39 is 17.7 Å². The first kappa shape index (κ1) is 29.5. The molecule has 0 aliphatic carbocycles. The van der Waals surface area contributed by atoms with Crippen LogP contribution in [0.5, 0.6) is 11.5 Å². The summed E-state index contributed by atoms with van der Waals surface area (Å²) in [5.41, 5.74) is 0.319. The van der Waals surface area contributed by atoms with E-state index in [2.05, 4.69) is 9.71 Å². The molecule has 1 unspecified atom stereocenters. The van der Waals surface area contributed by atoms with E-state index in [1.165, 1.54) is 43.8 Å². The molecule has 5 rings (SSSR count). The van der Waals surface area contributed by atoms with Crippen molar-refractivity contribution in [3.63, 3.8) is 0 Å². The average molecular weight is 557 g/mol. The van der Waals surface area contributed by atoms with Gasteiger partial charge >= 0.3 is 6.18 Å². The van der Waals surface area contributed by atoms with Crippen LogP contribution >= 0.6 is 11.9 Å². The molecule has 1 fully saturated rings. The summed E-state index contributed by atoms with van der Waals surface area (Å²) in [4.78, 5) is 4.51. The summed E-state index contributed by atoms with van der Waals surface area (Å²) < 4.78 is 75.7.